The summed E-state index contributed by atoms with van der Waals surface area (Å²) in [7, 11) is 0. The summed E-state index contributed by atoms with van der Waals surface area (Å²) in [4.78, 5) is 0. The molecule has 17 heavy (non-hydrogen) atoms. The van der Waals surface area contributed by atoms with Gasteiger partial charge in [0.2, 0.25) is 0 Å². The quantitative estimate of drug-likeness (QED) is 0.667. The zero-order valence-corrected chi connectivity index (χ0v) is 11.9. The smallest absolute Gasteiger partial charge is 0.179 e. The van der Waals surface area contributed by atoms with Crippen molar-refractivity contribution in [3.05, 3.63) is 47.5 Å². The summed E-state index contributed by atoms with van der Waals surface area (Å²) in [5.41, 5.74) is 4.81. The Bertz CT molecular complexity index is 530. The summed E-state index contributed by atoms with van der Waals surface area (Å²) in [5, 5.41) is 0. The van der Waals surface area contributed by atoms with Gasteiger partial charge in [0.25, 0.3) is 0 Å². The molecule has 1 aliphatic carbocycles. The van der Waals surface area contributed by atoms with Gasteiger partial charge in [-0.3, -0.25) is 0 Å². The molecule has 2 aromatic carbocycles. The van der Waals surface area contributed by atoms with Crippen molar-refractivity contribution in [2.24, 2.45) is 0 Å². The molecule has 2 nitrogen and oxygen atoms in total. The SMILES string of the molecule is BrOc1cccc2c1Cc1c(OBr)cccc1-2. The molecule has 86 valence electrons. The molecule has 0 atom stereocenters. The van der Waals surface area contributed by atoms with Crippen LogP contribution in [0.2, 0.25) is 0 Å². The van der Waals surface area contributed by atoms with E-state index in [0.717, 1.165) is 17.9 Å². The van der Waals surface area contributed by atoms with E-state index in [-0.39, 0.29) is 0 Å². The molecule has 0 unspecified atom stereocenters. The third kappa shape index (κ3) is 1.67. The van der Waals surface area contributed by atoms with Crippen molar-refractivity contribution in [2.75, 3.05) is 0 Å². The summed E-state index contributed by atoms with van der Waals surface area (Å²) in [6.07, 6.45) is 0.828. The van der Waals surface area contributed by atoms with Gasteiger partial charge >= 0.3 is 0 Å². The summed E-state index contributed by atoms with van der Waals surface area (Å²) in [5.74, 6) is 1.72. The zero-order chi connectivity index (χ0) is 11.8. The van der Waals surface area contributed by atoms with Crippen LogP contribution in [0.25, 0.3) is 11.1 Å². The fourth-order valence-corrected chi connectivity index (χ4v) is 2.93. The molecule has 0 saturated carbocycles. The van der Waals surface area contributed by atoms with Gasteiger partial charge < -0.3 is 7.66 Å². The maximum absolute atomic E-state index is 5.22. The molecule has 0 heterocycles. The van der Waals surface area contributed by atoms with Gasteiger partial charge in [-0.2, -0.15) is 0 Å². The van der Waals surface area contributed by atoms with Gasteiger partial charge in [-0.1, -0.05) is 24.3 Å². The van der Waals surface area contributed by atoms with E-state index in [4.69, 9.17) is 7.66 Å². The Morgan fingerprint density at radius 2 is 1.24 bits per heavy atom. The van der Waals surface area contributed by atoms with E-state index in [1.165, 1.54) is 22.3 Å². The second-order valence-electron chi connectivity index (χ2n) is 3.90. The van der Waals surface area contributed by atoms with Crippen LogP contribution in [-0.2, 0) is 6.42 Å². The van der Waals surface area contributed by atoms with Crippen molar-refractivity contribution in [1.29, 1.82) is 0 Å². The Morgan fingerprint density at radius 1 is 0.765 bits per heavy atom. The highest BCUT2D eigenvalue weighted by molar-refractivity contribution is 9.06. The first kappa shape index (κ1) is 11.1. The fraction of sp³-hybridized carbons (Fsp3) is 0.0769. The van der Waals surface area contributed by atoms with Crippen LogP contribution < -0.4 is 7.66 Å². The van der Waals surface area contributed by atoms with Crippen LogP contribution in [0.1, 0.15) is 11.1 Å². The molecule has 0 amide bonds. The lowest BCUT2D eigenvalue weighted by Crippen LogP contribution is -1.87. The number of benzene rings is 2. The minimum atomic E-state index is 0.828. The van der Waals surface area contributed by atoms with Crippen LogP contribution in [-0.4, -0.2) is 0 Å². The molecule has 1 aliphatic rings. The van der Waals surface area contributed by atoms with Gasteiger partial charge in [0.1, 0.15) is 11.5 Å². The highest BCUT2D eigenvalue weighted by Gasteiger charge is 2.24. The van der Waals surface area contributed by atoms with E-state index in [1.54, 1.807) is 0 Å². The molecule has 2 aromatic rings. The molecular weight excluding hydrogens is 348 g/mol. The normalized spacial score (nSPS) is 11.9. The minimum Gasteiger partial charge on any atom is -0.418 e. The Labute approximate surface area is 116 Å². The van der Waals surface area contributed by atoms with Gasteiger partial charge in [-0.15, -0.1) is 0 Å². The van der Waals surface area contributed by atoms with Crippen LogP contribution >= 0.6 is 32.5 Å². The Morgan fingerprint density at radius 3 is 1.65 bits per heavy atom. The molecule has 0 N–H and O–H groups in total. The van der Waals surface area contributed by atoms with E-state index in [0.29, 0.717) is 0 Å². The predicted molar refractivity (Wildman–Crippen MR) is 73.8 cm³/mol. The summed E-state index contributed by atoms with van der Waals surface area (Å²) >= 11 is 6.10. The van der Waals surface area contributed by atoms with Crippen LogP contribution in [0.15, 0.2) is 36.4 Å². The van der Waals surface area contributed by atoms with Crippen LogP contribution in [0.5, 0.6) is 11.5 Å². The summed E-state index contributed by atoms with van der Waals surface area (Å²) in [6, 6.07) is 12.1. The van der Waals surface area contributed by atoms with Crippen molar-refractivity contribution in [2.45, 2.75) is 6.42 Å². The van der Waals surface area contributed by atoms with Crippen LogP contribution in [0.3, 0.4) is 0 Å². The van der Waals surface area contributed by atoms with Gasteiger partial charge in [0, 0.05) is 17.5 Å². The largest absolute Gasteiger partial charge is 0.418 e. The molecule has 0 saturated heterocycles. The first-order chi connectivity index (χ1) is 8.35. The van der Waals surface area contributed by atoms with Gasteiger partial charge in [0.15, 0.2) is 32.5 Å². The molecule has 0 bridgehead atoms. The number of hydrogen-bond acceptors (Lipinski definition) is 2. The number of rotatable bonds is 2. The average Bonchev–Trinajstić information content (AvgIpc) is 2.77. The molecule has 3 rings (SSSR count). The van der Waals surface area contributed by atoms with Gasteiger partial charge in [0.05, 0.1) is 0 Å². The molecule has 0 fully saturated rings. The molecular formula is C13H8Br2O2. The standard InChI is InChI=1S/C13H8Br2O2/c14-16-12-5-1-3-8-9-4-2-6-13(17-15)11(9)7-10(8)12/h1-6H,7H2. The van der Waals surface area contributed by atoms with Crippen LogP contribution in [0, 0.1) is 0 Å². The number of hydrogen-bond donors (Lipinski definition) is 0. The van der Waals surface area contributed by atoms with E-state index in [9.17, 15) is 0 Å². The first-order valence-electron chi connectivity index (χ1n) is 5.16. The minimum absolute atomic E-state index is 0.828. The van der Waals surface area contributed by atoms with E-state index < -0.39 is 0 Å². The third-order valence-electron chi connectivity index (χ3n) is 3.08. The summed E-state index contributed by atoms with van der Waals surface area (Å²) in [6.45, 7) is 0. The van der Waals surface area contributed by atoms with Crippen molar-refractivity contribution in [1.82, 2.24) is 0 Å². The lowest BCUT2D eigenvalue weighted by atomic mass is 10.1. The van der Waals surface area contributed by atoms with E-state index in [2.05, 4.69) is 44.6 Å². The topological polar surface area (TPSA) is 18.5 Å². The van der Waals surface area contributed by atoms with Crippen molar-refractivity contribution in [3.8, 4) is 22.6 Å². The second kappa shape index (κ2) is 4.35. The Balaban J connectivity index is 2.23. The Kier molecular flexibility index (Phi) is 2.84. The van der Waals surface area contributed by atoms with Crippen LogP contribution in [0.4, 0.5) is 0 Å². The monoisotopic (exact) mass is 354 g/mol. The van der Waals surface area contributed by atoms with Gasteiger partial charge in [-0.05, 0) is 23.3 Å². The number of halogens is 2. The molecule has 0 aliphatic heterocycles. The van der Waals surface area contributed by atoms with Crippen molar-refractivity contribution in [3.63, 3.8) is 0 Å². The summed E-state index contributed by atoms with van der Waals surface area (Å²) < 4.78 is 10.4. The highest BCUT2D eigenvalue weighted by Crippen LogP contribution is 2.45. The van der Waals surface area contributed by atoms with E-state index >= 15 is 0 Å². The second-order valence-corrected chi connectivity index (χ2v) is 4.54. The fourth-order valence-electron chi connectivity index (χ4n) is 2.32. The molecule has 4 heteroatoms. The number of fused-ring (bicyclic) bond motifs is 3. The average molecular weight is 356 g/mol. The lowest BCUT2D eigenvalue weighted by Gasteiger charge is -2.04. The Hall–Kier alpha value is -1.00. The molecule has 0 spiro atoms. The highest BCUT2D eigenvalue weighted by atomic mass is 79.9. The zero-order valence-electron chi connectivity index (χ0n) is 8.74. The first-order valence-corrected chi connectivity index (χ1v) is 6.46. The maximum atomic E-state index is 5.22. The van der Waals surface area contributed by atoms with Crippen molar-refractivity contribution >= 4 is 32.5 Å². The lowest BCUT2D eigenvalue weighted by molar-refractivity contribution is 0.660. The van der Waals surface area contributed by atoms with Gasteiger partial charge in [-0.25, -0.2) is 0 Å². The maximum Gasteiger partial charge on any atom is 0.179 e. The predicted octanol–water partition coefficient (Wildman–Crippen LogP) is 4.64. The van der Waals surface area contributed by atoms with E-state index in [1.807, 2.05) is 24.3 Å². The molecule has 0 radical (unpaired) electrons. The third-order valence-corrected chi connectivity index (χ3v) is 3.77. The van der Waals surface area contributed by atoms with Crippen molar-refractivity contribution < 1.29 is 7.66 Å². The molecule has 0 aromatic heterocycles.